The first-order valence-electron chi connectivity index (χ1n) is 13.9. The van der Waals surface area contributed by atoms with Crippen molar-refractivity contribution in [3.63, 3.8) is 0 Å². The molecule has 0 atom stereocenters. The van der Waals surface area contributed by atoms with Crippen LogP contribution in [-0.2, 0) is 0 Å². The Labute approximate surface area is 240 Å². The van der Waals surface area contributed by atoms with Gasteiger partial charge in [0.05, 0.1) is 0 Å². The van der Waals surface area contributed by atoms with Gasteiger partial charge in [0.2, 0.25) is 0 Å². The molecule has 0 amide bonds. The molecule has 0 fully saturated rings. The van der Waals surface area contributed by atoms with Crippen LogP contribution in [0, 0.1) is 20.8 Å². The molecule has 40 heavy (non-hydrogen) atoms. The van der Waals surface area contributed by atoms with Crippen LogP contribution in [-0.4, -0.2) is 8.80 Å². The van der Waals surface area contributed by atoms with Gasteiger partial charge >= 0.3 is 0 Å². The van der Waals surface area contributed by atoms with E-state index in [0.717, 1.165) is 0 Å². The highest BCUT2D eigenvalue weighted by Crippen LogP contribution is 2.23. The minimum atomic E-state index is -1.33. The zero-order valence-corrected chi connectivity index (χ0v) is 24.4. The number of hydrogen-bond donors (Lipinski definition) is 0. The molecule has 0 N–H and O–H groups in total. The molecule has 1 radical (unpaired) electrons. The molecule has 6 aromatic carbocycles. The molecule has 0 unspecified atom stereocenters. The molecule has 6 aromatic rings. The van der Waals surface area contributed by atoms with E-state index in [1.54, 1.807) is 0 Å². The summed E-state index contributed by atoms with van der Waals surface area (Å²) >= 11 is 0. The van der Waals surface area contributed by atoms with E-state index in [1.165, 1.54) is 65.6 Å². The Balaban J connectivity index is 1.58. The smallest absolute Gasteiger partial charge is 0.0622 e. The molecule has 0 aliphatic rings. The van der Waals surface area contributed by atoms with Crippen molar-refractivity contribution in [2.75, 3.05) is 0 Å². The Kier molecular flexibility index (Phi) is 7.31. The third kappa shape index (κ3) is 5.61. The van der Waals surface area contributed by atoms with Crippen LogP contribution in [0.1, 0.15) is 16.7 Å². The highest BCUT2D eigenvalue weighted by molar-refractivity contribution is 6.95. The molecular formula is C39H33Si. The van der Waals surface area contributed by atoms with Gasteiger partial charge < -0.3 is 0 Å². The number of aryl methyl sites for hydroxylation is 3. The SMILES string of the molecule is Cc1cc(-c2ccccc2)cc([Si](c2cc(C)cc(-c3ccccc3)c2)c2cc(C)cc(-c3ccccc3)c2)c1. The lowest BCUT2D eigenvalue weighted by Gasteiger charge is -2.22. The lowest BCUT2D eigenvalue weighted by Crippen LogP contribution is -2.52. The third-order valence-corrected chi connectivity index (χ3v) is 10.0. The van der Waals surface area contributed by atoms with Gasteiger partial charge in [-0.05, 0) is 69.7 Å². The molecule has 193 valence electrons. The highest BCUT2D eigenvalue weighted by atomic mass is 28.3. The molecule has 1 heteroatoms. The van der Waals surface area contributed by atoms with Crippen molar-refractivity contribution in [1.29, 1.82) is 0 Å². The molecule has 0 saturated heterocycles. The van der Waals surface area contributed by atoms with Gasteiger partial charge in [0, 0.05) is 0 Å². The molecule has 0 bridgehead atoms. The van der Waals surface area contributed by atoms with E-state index in [2.05, 4.69) is 166 Å². The normalized spacial score (nSPS) is 11.1. The number of benzene rings is 6. The molecule has 0 heterocycles. The van der Waals surface area contributed by atoms with Crippen LogP contribution in [0.4, 0.5) is 0 Å². The number of hydrogen-bond acceptors (Lipinski definition) is 0. The van der Waals surface area contributed by atoms with E-state index in [-0.39, 0.29) is 0 Å². The second kappa shape index (κ2) is 11.3. The largest absolute Gasteiger partial charge is 0.154 e. The van der Waals surface area contributed by atoms with E-state index in [4.69, 9.17) is 0 Å². The van der Waals surface area contributed by atoms with Crippen LogP contribution >= 0.6 is 0 Å². The molecular weight excluding hydrogens is 497 g/mol. The second-order valence-electron chi connectivity index (χ2n) is 10.7. The van der Waals surface area contributed by atoms with E-state index in [0.29, 0.717) is 0 Å². The molecule has 0 nitrogen and oxygen atoms in total. The monoisotopic (exact) mass is 529 g/mol. The first kappa shape index (κ1) is 25.8. The first-order chi connectivity index (χ1) is 19.5. The van der Waals surface area contributed by atoms with Gasteiger partial charge in [0.15, 0.2) is 8.80 Å². The van der Waals surface area contributed by atoms with Gasteiger partial charge in [-0.25, -0.2) is 0 Å². The zero-order chi connectivity index (χ0) is 27.5. The van der Waals surface area contributed by atoms with Crippen LogP contribution in [0.2, 0.25) is 0 Å². The van der Waals surface area contributed by atoms with Crippen LogP contribution in [0.15, 0.2) is 146 Å². The summed E-state index contributed by atoms with van der Waals surface area (Å²) in [7, 11) is -1.33. The Morgan fingerprint density at radius 2 is 0.575 bits per heavy atom. The van der Waals surface area contributed by atoms with Gasteiger partial charge in [0.25, 0.3) is 0 Å². The first-order valence-corrected chi connectivity index (χ1v) is 15.4. The van der Waals surface area contributed by atoms with E-state index >= 15 is 0 Å². The maximum Gasteiger partial charge on any atom is 0.154 e. The fraction of sp³-hybridized carbons (Fsp3) is 0.0769. The number of rotatable bonds is 6. The predicted octanol–water partition coefficient (Wildman–Crippen LogP) is 8.13. The fourth-order valence-corrected chi connectivity index (χ4v) is 8.69. The van der Waals surface area contributed by atoms with Crippen molar-refractivity contribution in [2.24, 2.45) is 0 Å². The average Bonchev–Trinajstić information content (AvgIpc) is 2.98. The van der Waals surface area contributed by atoms with Crippen molar-refractivity contribution in [3.8, 4) is 33.4 Å². The highest BCUT2D eigenvalue weighted by Gasteiger charge is 2.23. The summed E-state index contributed by atoms with van der Waals surface area (Å²) in [6, 6.07) is 53.8. The Bertz CT molecular complexity index is 1540. The summed E-state index contributed by atoms with van der Waals surface area (Å²) in [4.78, 5) is 0. The molecule has 0 aliphatic carbocycles. The summed E-state index contributed by atoms with van der Waals surface area (Å²) < 4.78 is 0. The van der Waals surface area contributed by atoms with Crippen molar-refractivity contribution in [3.05, 3.63) is 162 Å². The van der Waals surface area contributed by atoms with Gasteiger partial charge in [-0.3, -0.25) is 0 Å². The maximum atomic E-state index is 2.44. The minimum Gasteiger partial charge on any atom is -0.0622 e. The van der Waals surface area contributed by atoms with E-state index in [1.807, 2.05) is 0 Å². The minimum absolute atomic E-state index is 1.26. The summed E-state index contributed by atoms with van der Waals surface area (Å²) in [5.74, 6) is 0. The summed E-state index contributed by atoms with van der Waals surface area (Å²) in [6.45, 7) is 6.69. The molecule has 0 aromatic heterocycles. The molecule has 0 saturated carbocycles. The standard InChI is InChI=1S/C39H33Si/c1-28-19-34(31-13-7-4-8-14-31)25-37(22-28)40(38-23-29(2)20-35(26-38)32-15-9-5-10-16-32)39-24-30(3)21-36(27-39)33-17-11-6-12-18-33/h4-27H,1-3H3. The Morgan fingerprint density at radius 3 is 0.850 bits per heavy atom. The summed E-state index contributed by atoms with van der Waals surface area (Å²) in [6.07, 6.45) is 0. The van der Waals surface area contributed by atoms with Crippen molar-refractivity contribution in [2.45, 2.75) is 20.8 Å². The van der Waals surface area contributed by atoms with Crippen LogP contribution in [0.5, 0.6) is 0 Å². The fourth-order valence-electron chi connectivity index (χ4n) is 5.67. The Hall–Kier alpha value is -4.46. The second-order valence-corrected chi connectivity index (χ2v) is 13.2. The van der Waals surface area contributed by atoms with Crippen molar-refractivity contribution < 1.29 is 0 Å². The Morgan fingerprint density at radius 1 is 0.300 bits per heavy atom. The lowest BCUT2D eigenvalue weighted by molar-refractivity contribution is 1.47. The third-order valence-electron chi connectivity index (χ3n) is 7.42. The zero-order valence-electron chi connectivity index (χ0n) is 23.4. The summed E-state index contributed by atoms with van der Waals surface area (Å²) in [5, 5.41) is 4.24. The van der Waals surface area contributed by atoms with Crippen LogP contribution in [0.25, 0.3) is 33.4 Å². The molecule has 0 spiro atoms. The van der Waals surface area contributed by atoms with Crippen LogP contribution in [0.3, 0.4) is 0 Å². The average molecular weight is 530 g/mol. The quantitative estimate of drug-likeness (QED) is 0.151. The maximum absolute atomic E-state index is 2.44. The van der Waals surface area contributed by atoms with Crippen LogP contribution < -0.4 is 15.6 Å². The molecule has 6 rings (SSSR count). The van der Waals surface area contributed by atoms with Gasteiger partial charge in [-0.2, -0.15) is 0 Å². The van der Waals surface area contributed by atoms with E-state index in [9.17, 15) is 0 Å². The van der Waals surface area contributed by atoms with Gasteiger partial charge in [-0.15, -0.1) is 0 Å². The topological polar surface area (TPSA) is 0 Å². The molecule has 0 aliphatic heterocycles. The van der Waals surface area contributed by atoms with E-state index < -0.39 is 8.80 Å². The lowest BCUT2D eigenvalue weighted by atomic mass is 10.0. The van der Waals surface area contributed by atoms with Crippen molar-refractivity contribution >= 4 is 24.4 Å². The van der Waals surface area contributed by atoms with Gasteiger partial charge in [-0.1, -0.05) is 162 Å². The van der Waals surface area contributed by atoms with Crippen molar-refractivity contribution in [1.82, 2.24) is 0 Å². The predicted molar refractivity (Wildman–Crippen MR) is 175 cm³/mol. The van der Waals surface area contributed by atoms with Gasteiger partial charge in [0.1, 0.15) is 0 Å². The summed E-state index contributed by atoms with van der Waals surface area (Å²) in [5.41, 5.74) is 11.5.